The van der Waals surface area contributed by atoms with Crippen LogP contribution in [0.4, 0.5) is 0 Å². The first-order valence-corrected chi connectivity index (χ1v) is 8.86. The normalized spacial score (nSPS) is 24.6. The van der Waals surface area contributed by atoms with Crippen LogP contribution in [0.3, 0.4) is 0 Å². The Kier molecular flexibility index (Phi) is 4.55. The summed E-state index contributed by atoms with van der Waals surface area (Å²) in [5.41, 5.74) is 1.24. The summed E-state index contributed by atoms with van der Waals surface area (Å²) < 4.78 is 0. The van der Waals surface area contributed by atoms with E-state index in [1.165, 1.54) is 10.5 Å². The van der Waals surface area contributed by atoms with Gasteiger partial charge in [-0.05, 0) is 37.6 Å². The summed E-state index contributed by atoms with van der Waals surface area (Å²) in [6, 6.07) is 8.37. The predicted molar refractivity (Wildman–Crippen MR) is 87.8 cm³/mol. The molecule has 0 spiro atoms. The summed E-state index contributed by atoms with van der Waals surface area (Å²) in [4.78, 5) is 18.5. The number of rotatable bonds is 4. The number of benzene rings is 1. The molecule has 0 aliphatic carbocycles. The number of carbonyl (C=O) groups is 1. The second kappa shape index (κ2) is 6.41. The molecular weight excluding hydrogens is 280 g/mol. The molecule has 2 aliphatic heterocycles. The van der Waals surface area contributed by atoms with E-state index in [0.717, 1.165) is 38.4 Å². The second-order valence-corrected chi connectivity index (χ2v) is 7.26. The highest BCUT2D eigenvalue weighted by Crippen LogP contribution is 2.40. The van der Waals surface area contributed by atoms with Gasteiger partial charge in [-0.25, -0.2) is 0 Å². The molecule has 1 aromatic carbocycles. The zero-order chi connectivity index (χ0) is 14.8. The first-order chi connectivity index (χ1) is 10.2. The van der Waals surface area contributed by atoms with Gasteiger partial charge in [0, 0.05) is 30.3 Å². The first kappa shape index (κ1) is 14.9. The van der Waals surface area contributed by atoms with Crippen LogP contribution >= 0.6 is 11.8 Å². The van der Waals surface area contributed by atoms with E-state index in [9.17, 15) is 4.79 Å². The zero-order valence-electron chi connectivity index (χ0n) is 12.9. The lowest BCUT2D eigenvalue weighted by molar-refractivity contribution is -0.131. The predicted octanol–water partition coefficient (Wildman–Crippen LogP) is 2.68. The molecule has 1 saturated heterocycles. The largest absolute Gasteiger partial charge is 0.342 e. The van der Waals surface area contributed by atoms with E-state index >= 15 is 0 Å². The van der Waals surface area contributed by atoms with Gasteiger partial charge in [-0.2, -0.15) is 0 Å². The Hall–Kier alpha value is -1.00. The van der Waals surface area contributed by atoms with Crippen molar-refractivity contribution in [2.75, 3.05) is 39.0 Å². The van der Waals surface area contributed by atoms with Crippen molar-refractivity contribution in [3.05, 3.63) is 29.8 Å². The van der Waals surface area contributed by atoms with Crippen LogP contribution in [-0.2, 0) is 4.79 Å². The van der Waals surface area contributed by atoms with Crippen LogP contribution in [0.15, 0.2) is 29.2 Å². The highest BCUT2D eigenvalue weighted by Gasteiger charge is 2.35. The molecular formula is C17H24N2OS. The van der Waals surface area contributed by atoms with Gasteiger partial charge < -0.3 is 9.80 Å². The van der Waals surface area contributed by atoms with Gasteiger partial charge in [0.15, 0.2) is 0 Å². The van der Waals surface area contributed by atoms with Crippen molar-refractivity contribution in [1.29, 1.82) is 0 Å². The lowest BCUT2D eigenvalue weighted by atomic mass is 10.00. The van der Waals surface area contributed by atoms with E-state index in [2.05, 4.69) is 42.0 Å². The molecule has 21 heavy (non-hydrogen) atoms. The standard InChI is InChI=1S/C17H24N2OS/c1-3-18(2)10-13-8-9-19(11-13)17(20)15-12-21-16-7-5-4-6-14(15)16/h4-7,13,15H,3,8-12H2,1-2H3. The number of nitrogens with zero attached hydrogens (tertiary/aromatic N) is 2. The van der Waals surface area contributed by atoms with Gasteiger partial charge >= 0.3 is 0 Å². The van der Waals surface area contributed by atoms with E-state index in [1.54, 1.807) is 0 Å². The minimum atomic E-state index is 0.0776. The van der Waals surface area contributed by atoms with Crippen molar-refractivity contribution in [1.82, 2.24) is 9.80 Å². The summed E-state index contributed by atoms with van der Waals surface area (Å²) in [5, 5.41) is 0. The SMILES string of the molecule is CCN(C)CC1CCN(C(=O)C2CSc3ccccc32)C1. The molecule has 2 unspecified atom stereocenters. The molecule has 2 heterocycles. The summed E-state index contributed by atoms with van der Waals surface area (Å²) in [7, 11) is 2.16. The van der Waals surface area contributed by atoms with E-state index in [-0.39, 0.29) is 5.92 Å². The van der Waals surface area contributed by atoms with Gasteiger partial charge in [-0.1, -0.05) is 25.1 Å². The molecule has 4 heteroatoms. The fourth-order valence-corrected chi connectivity index (χ4v) is 4.56. The average Bonchev–Trinajstić information content (AvgIpc) is 3.13. The number of fused-ring (bicyclic) bond motifs is 1. The molecule has 114 valence electrons. The number of carbonyl (C=O) groups excluding carboxylic acids is 1. The molecule has 3 nitrogen and oxygen atoms in total. The minimum absolute atomic E-state index is 0.0776. The number of thioether (sulfide) groups is 1. The van der Waals surface area contributed by atoms with Crippen LogP contribution in [0, 0.1) is 5.92 Å². The number of hydrogen-bond acceptors (Lipinski definition) is 3. The second-order valence-electron chi connectivity index (χ2n) is 6.20. The molecule has 1 aromatic rings. The zero-order valence-corrected chi connectivity index (χ0v) is 13.7. The Morgan fingerprint density at radius 1 is 1.43 bits per heavy atom. The lowest BCUT2D eigenvalue weighted by Crippen LogP contribution is -2.35. The van der Waals surface area contributed by atoms with Crippen LogP contribution in [0.2, 0.25) is 0 Å². The molecule has 0 radical (unpaired) electrons. The minimum Gasteiger partial charge on any atom is -0.342 e. The van der Waals surface area contributed by atoms with Crippen LogP contribution in [0.5, 0.6) is 0 Å². The molecule has 2 aliphatic rings. The van der Waals surface area contributed by atoms with Crippen LogP contribution in [0.25, 0.3) is 0 Å². The average molecular weight is 304 g/mol. The Bertz CT molecular complexity index is 519. The van der Waals surface area contributed by atoms with Crippen LogP contribution in [0.1, 0.15) is 24.8 Å². The van der Waals surface area contributed by atoms with Gasteiger partial charge in [0.25, 0.3) is 0 Å². The third kappa shape index (κ3) is 3.11. The van der Waals surface area contributed by atoms with Crippen molar-refractivity contribution in [3.8, 4) is 0 Å². The highest BCUT2D eigenvalue weighted by atomic mass is 32.2. The highest BCUT2D eigenvalue weighted by molar-refractivity contribution is 7.99. The molecule has 0 saturated carbocycles. The first-order valence-electron chi connectivity index (χ1n) is 7.88. The van der Waals surface area contributed by atoms with Crippen LogP contribution in [-0.4, -0.2) is 54.7 Å². The Morgan fingerprint density at radius 3 is 3.05 bits per heavy atom. The molecule has 0 aromatic heterocycles. The van der Waals surface area contributed by atoms with Crippen molar-refractivity contribution in [2.24, 2.45) is 5.92 Å². The van der Waals surface area contributed by atoms with E-state index in [0.29, 0.717) is 11.8 Å². The van der Waals surface area contributed by atoms with Gasteiger partial charge in [0.1, 0.15) is 0 Å². The maximum atomic E-state index is 12.8. The fraction of sp³-hybridized carbons (Fsp3) is 0.588. The maximum Gasteiger partial charge on any atom is 0.231 e. The summed E-state index contributed by atoms with van der Waals surface area (Å²) in [6.07, 6.45) is 1.15. The van der Waals surface area contributed by atoms with Gasteiger partial charge in [0.2, 0.25) is 5.91 Å². The fourth-order valence-electron chi connectivity index (χ4n) is 3.34. The molecule has 2 atom stereocenters. The third-order valence-corrected chi connectivity index (χ3v) is 5.89. The number of likely N-dealkylation sites (tertiary alicyclic amines) is 1. The number of amides is 1. The third-order valence-electron chi connectivity index (χ3n) is 4.71. The smallest absolute Gasteiger partial charge is 0.231 e. The Morgan fingerprint density at radius 2 is 2.24 bits per heavy atom. The van der Waals surface area contributed by atoms with Gasteiger partial charge in [-0.3, -0.25) is 4.79 Å². The molecule has 3 rings (SSSR count). The van der Waals surface area contributed by atoms with Crippen LogP contribution < -0.4 is 0 Å². The van der Waals surface area contributed by atoms with E-state index in [4.69, 9.17) is 0 Å². The Balaban J connectivity index is 1.63. The van der Waals surface area contributed by atoms with Crippen molar-refractivity contribution in [3.63, 3.8) is 0 Å². The molecule has 0 N–H and O–H groups in total. The lowest BCUT2D eigenvalue weighted by Gasteiger charge is -2.22. The summed E-state index contributed by atoms with van der Waals surface area (Å²) in [6.45, 7) is 6.24. The van der Waals surface area contributed by atoms with Gasteiger partial charge in [0.05, 0.1) is 5.92 Å². The van der Waals surface area contributed by atoms with Crippen molar-refractivity contribution >= 4 is 17.7 Å². The van der Waals surface area contributed by atoms with E-state index in [1.807, 2.05) is 17.8 Å². The molecule has 0 bridgehead atoms. The maximum absolute atomic E-state index is 12.8. The Labute approximate surface area is 131 Å². The van der Waals surface area contributed by atoms with E-state index < -0.39 is 0 Å². The topological polar surface area (TPSA) is 23.6 Å². The summed E-state index contributed by atoms with van der Waals surface area (Å²) in [5.74, 6) is 1.97. The quantitative estimate of drug-likeness (QED) is 0.854. The van der Waals surface area contributed by atoms with Crippen molar-refractivity contribution < 1.29 is 4.79 Å². The van der Waals surface area contributed by atoms with Crippen molar-refractivity contribution in [2.45, 2.75) is 24.2 Å². The monoisotopic (exact) mass is 304 g/mol. The number of hydrogen-bond donors (Lipinski definition) is 0. The summed E-state index contributed by atoms with van der Waals surface area (Å²) >= 11 is 1.82. The van der Waals surface area contributed by atoms with Gasteiger partial charge in [-0.15, -0.1) is 11.8 Å². The molecule has 1 fully saturated rings. The molecule has 1 amide bonds.